The molecule has 0 saturated carbocycles. The van der Waals surface area contributed by atoms with Crippen LogP contribution in [0.3, 0.4) is 0 Å². The van der Waals surface area contributed by atoms with Crippen molar-refractivity contribution in [1.82, 2.24) is 0 Å². The Bertz CT molecular complexity index is 618. The molecule has 2 aliphatic heterocycles. The first-order valence-electron chi connectivity index (χ1n) is 9.44. The molecule has 27 heavy (non-hydrogen) atoms. The van der Waals surface area contributed by atoms with Gasteiger partial charge in [0.1, 0.15) is 31.0 Å². The van der Waals surface area contributed by atoms with Gasteiger partial charge in [-0.05, 0) is 32.4 Å². The van der Waals surface area contributed by atoms with Gasteiger partial charge in [0.25, 0.3) is 0 Å². The number of aliphatic hydroxyl groups is 1. The lowest BCUT2D eigenvalue weighted by Gasteiger charge is -2.28. The predicted octanol–water partition coefficient (Wildman–Crippen LogP) is 2.27. The molecule has 2 fully saturated rings. The molecule has 0 aromatic heterocycles. The summed E-state index contributed by atoms with van der Waals surface area (Å²) >= 11 is 0. The number of esters is 1. The summed E-state index contributed by atoms with van der Waals surface area (Å²) < 4.78 is 28.7. The minimum absolute atomic E-state index is 0.200. The molecule has 7 nitrogen and oxygen atoms in total. The van der Waals surface area contributed by atoms with Gasteiger partial charge in [0.15, 0.2) is 12.1 Å². The third-order valence-electron chi connectivity index (χ3n) is 4.61. The largest absolute Gasteiger partial charge is 0.459 e. The number of hydrogen-bond acceptors (Lipinski definition) is 7. The van der Waals surface area contributed by atoms with Gasteiger partial charge in [0.2, 0.25) is 0 Å². The summed E-state index contributed by atoms with van der Waals surface area (Å²) in [7, 11) is 0. The van der Waals surface area contributed by atoms with Crippen LogP contribution in [0.1, 0.15) is 44.0 Å². The standard InChI is InChI=1S/C20H28O7/c1-4-5-11-23-16-15(25-19-17(16)26-20(2,3)27-19)14(21)12-24-18(22)13-9-7-6-8-10-13/h6-10,14-17,19,21H,4-5,11-12H2,1-3H3/t14?,15-,16?,17+,19-/m1/s1. The lowest BCUT2D eigenvalue weighted by Crippen LogP contribution is -2.44. The van der Waals surface area contributed by atoms with Crippen LogP contribution in [0.5, 0.6) is 0 Å². The number of benzene rings is 1. The molecule has 2 unspecified atom stereocenters. The molecule has 0 radical (unpaired) electrons. The van der Waals surface area contributed by atoms with Crippen LogP contribution in [0, 0.1) is 0 Å². The Morgan fingerprint density at radius 3 is 2.70 bits per heavy atom. The normalized spacial score (nSPS) is 30.1. The van der Waals surface area contributed by atoms with Crippen molar-refractivity contribution in [1.29, 1.82) is 0 Å². The Morgan fingerprint density at radius 2 is 2.00 bits per heavy atom. The summed E-state index contributed by atoms with van der Waals surface area (Å²) in [6, 6.07) is 8.64. The molecule has 5 atom stereocenters. The van der Waals surface area contributed by atoms with E-state index in [0.717, 1.165) is 12.8 Å². The number of fused-ring (bicyclic) bond motifs is 1. The van der Waals surface area contributed by atoms with Gasteiger partial charge in [-0.15, -0.1) is 0 Å². The first kappa shape index (κ1) is 20.2. The first-order valence-corrected chi connectivity index (χ1v) is 9.44. The number of aliphatic hydroxyl groups excluding tert-OH is 1. The third kappa shape index (κ3) is 4.86. The molecule has 2 aliphatic rings. The van der Waals surface area contributed by atoms with Gasteiger partial charge in [-0.1, -0.05) is 31.5 Å². The number of ether oxygens (including phenoxy) is 5. The Morgan fingerprint density at radius 1 is 1.26 bits per heavy atom. The van der Waals surface area contributed by atoms with Crippen LogP contribution in [0.2, 0.25) is 0 Å². The summed E-state index contributed by atoms with van der Waals surface area (Å²) in [5, 5.41) is 10.6. The quantitative estimate of drug-likeness (QED) is 0.547. The smallest absolute Gasteiger partial charge is 0.338 e. The van der Waals surface area contributed by atoms with E-state index in [1.54, 1.807) is 24.3 Å². The van der Waals surface area contributed by atoms with Crippen molar-refractivity contribution in [2.24, 2.45) is 0 Å². The summed E-state index contributed by atoms with van der Waals surface area (Å²) in [6.45, 7) is 6.03. The number of hydrogen-bond donors (Lipinski definition) is 1. The maximum absolute atomic E-state index is 12.1. The van der Waals surface area contributed by atoms with Crippen LogP contribution in [0.25, 0.3) is 0 Å². The van der Waals surface area contributed by atoms with Crippen molar-refractivity contribution in [3.63, 3.8) is 0 Å². The fraction of sp³-hybridized carbons (Fsp3) is 0.650. The molecule has 150 valence electrons. The van der Waals surface area contributed by atoms with Gasteiger partial charge in [-0.25, -0.2) is 4.79 Å². The Balaban J connectivity index is 1.60. The third-order valence-corrected chi connectivity index (χ3v) is 4.61. The van der Waals surface area contributed by atoms with E-state index in [2.05, 4.69) is 6.92 Å². The highest BCUT2D eigenvalue weighted by Crippen LogP contribution is 2.39. The van der Waals surface area contributed by atoms with Crippen molar-refractivity contribution < 1.29 is 33.6 Å². The number of carbonyl (C=O) groups is 1. The maximum atomic E-state index is 12.1. The fourth-order valence-corrected chi connectivity index (χ4v) is 3.28. The summed E-state index contributed by atoms with van der Waals surface area (Å²) in [6.07, 6.45) is -1.40. The van der Waals surface area contributed by atoms with Crippen LogP contribution in [0.15, 0.2) is 30.3 Å². The average molecular weight is 380 g/mol. The highest BCUT2D eigenvalue weighted by Gasteiger charge is 2.57. The summed E-state index contributed by atoms with van der Waals surface area (Å²) in [5.41, 5.74) is 0.429. The highest BCUT2D eigenvalue weighted by molar-refractivity contribution is 5.89. The number of unbranched alkanes of at least 4 members (excludes halogenated alkanes) is 1. The molecule has 0 amide bonds. The zero-order valence-corrected chi connectivity index (χ0v) is 16.0. The van der Waals surface area contributed by atoms with Crippen LogP contribution >= 0.6 is 0 Å². The number of rotatable bonds is 8. The summed E-state index contributed by atoms with van der Waals surface area (Å²) in [5.74, 6) is -1.26. The topological polar surface area (TPSA) is 83.5 Å². The van der Waals surface area contributed by atoms with Crippen LogP contribution in [0.4, 0.5) is 0 Å². The van der Waals surface area contributed by atoms with E-state index in [0.29, 0.717) is 12.2 Å². The lowest BCUT2D eigenvalue weighted by atomic mass is 10.1. The first-order chi connectivity index (χ1) is 12.9. The fourth-order valence-electron chi connectivity index (χ4n) is 3.28. The van der Waals surface area contributed by atoms with E-state index in [1.165, 1.54) is 0 Å². The van der Waals surface area contributed by atoms with E-state index < -0.39 is 42.5 Å². The zero-order chi connectivity index (χ0) is 19.4. The van der Waals surface area contributed by atoms with Gasteiger partial charge in [-0.2, -0.15) is 0 Å². The van der Waals surface area contributed by atoms with Crippen molar-refractivity contribution in [2.75, 3.05) is 13.2 Å². The Labute approximate surface area is 159 Å². The van der Waals surface area contributed by atoms with Crippen molar-refractivity contribution >= 4 is 5.97 Å². The zero-order valence-electron chi connectivity index (χ0n) is 16.0. The van der Waals surface area contributed by atoms with Crippen molar-refractivity contribution in [3.05, 3.63) is 35.9 Å². The van der Waals surface area contributed by atoms with E-state index in [1.807, 2.05) is 19.9 Å². The molecule has 0 bridgehead atoms. The van der Waals surface area contributed by atoms with E-state index in [9.17, 15) is 9.90 Å². The second-order valence-corrected chi connectivity index (χ2v) is 7.29. The molecule has 7 heteroatoms. The lowest BCUT2D eigenvalue weighted by molar-refractivity contribution is -0.231. The highest BCUT2D eigenvalue weighted by atomic mass is 16.8. The molecule has 2 saturated heterocycles. The Hall–Kier alpha value is -1.51. The van der Waals surface area contributed by atoms with Gasteiger partial charge < -0.3 is 28.8 Å². The second kappa shape index (κ2) is 8.67. The minimum Gasteiger partial charge on any atom is -0.459 e. The molecule has 1 aromatic rings. The van der Waals surface area contributed by atoms with Crippen LogP contribution < -0.4 is 0 Å². The molecule has 0 spiro atoms. The maximum Gasteiger partial charge on any atom is 0.338 e. The molecule has 0 aliphatic carbocycles. The van der Waals surface area contributed by atoms with E-state index in [4.69, 9.17) is 23.7 Å². The molecular weight excluding hydrogens is 352 g/mol. The predicted molar refractivity (Wildman–Crippen MR) is 96.1 cm³/mol. The SMILES string of the molecule is CCCCOC1[C@@H](C(O)COC(=O)c2ccccc2)O[C@@H]2OC(C)(C)O[C@@H]12. The molecule has 2 heterocycles. The van der Waals surface area contributed by atoms with Crippen molar-refractivity contribution in [3.8, 4) is 0 Å². The molecular formula is C20H28O7. The van der Waals surface area contributed by atoms with Gasteiger partial charge in [-0.3, -0.25) is 0 Å². The minimum atomic E-state index is -1.05. The monoisotopic (exact) mass is 380 g/mol. The van der Waals surface area contributed by atoms with Gasteiger partial charge in [0.05, 0.1) is 5.56 Å². The van der Waals surface area contributed by atoms with E-state index in [-0.39, 0.29) is 6.61 Å². The van der Waals surface area contributed by atoms with Crippen LogP contribution in [-0.4, -0.2) is 60.8 Å². The molecule has 1 N–H and O–H groups in total. The molecule has 3 rings (SSSR count). The van der Waals surface area contributed by atoms with Crippen LogP contribution in [-0.2, 0) is 23.7 Å². The summed E-state index contributed by atoms with van der Waals surface area (Å²) in [4.78, 5) is 12.1. The average Bonchev–Trinajstić information content (AvgIpc) is 3.12. The number of carbonyl (C=O) groups excluding carboxylic acids is 1. The van der Waals surface area contributed by atoms with Gasteiger partial charge >= 0.3 is 5.97 Å². The second-order valence-electron chi connectivity index (χ2n) is 7.29. The van der Waals surface area contributed by atoms with Gasteiger partial charge in [0, 0.05) is 6.61 Å². The van der Waals surface area contributed by atoms with E-state index >= 15 is 0 Å². The Kier molecular flexibility index (Phi) is 6.49. The molecule has 1 aromatic carbocycles. The van der Waals surface area contributed by atoms with Crippen molar-refractivity contribution in [2.45, 2.75) is 70.1 Å².